The molecule has 0 aromatic heterocycles. The van der Waals surface area contributed by atoms with E-state index in [4.69, 9.17) is 40.5 Å². The molecule has 1 atom stereocenters. The Morgan fingerprint density at radius 1 is 0.944 bits per heavy atom. The smallest absolute Gasteiger partial charge is 0.123 e. The lowest BCUT2D eigenvalue weighted by Crippen LogP contribution is -2.12. The summed E-state index contributed by atoms with van der Waals surface area (Å²) in [4.78, 5) is 0. The maximum atomic E-state index is 13.2. The summed E-state index contributed by atoms with van der Waals surface area (Å²) in [5, 5.41) is 1.35. The monoisotopic (exact) mass is 303 g/mol. The van der Waals surface area contributed by atoms with Crippen LogP contribution in [0.25, 0.3) is 0 Å². The van der Waals surface area contributed by atoms with E-state index in [1.807, 2.05) is 0 Å². The van der Waals surface area contributed by atoms with Crippen LogP contribution < -0.4 is 5.73 Å². The minimum absolute atomic E-state index is 0.391. The predicted octanol–water partition coefficient (Wildman–Crippen LogP) is 4.83. The Kier molecular flexibility index (Phi) is 4.13. The van der Waals surface area contributed by atoms with Crippen molar-refractivity contribution in [2.24, 2.45) is 5.73 Å². The lowest BCUT2D eigenvalue weighted by molar-refractivity contribution is 0.623. The van der Waals surface area contributed by atoms with Gasteiger partial charge in [-0.2, -0.15) is 0 Å². The fourth-order valence-electron chi connectivity index (χ4n) is 1.69. The van der Waals surface area contributed by atoms with Crippen LogP contribution in [0.3, 0.4) is 0 Å². The van der Waals surface area contributed by atoms with Crippen LogP contribution in [0.5, 0.6) is 0 Å². The van der Waals surface area contributed by atoms with Crippen molar-refractivity contribution in [1.82, 2.24) is 0 Å². The third-order valence-electron chi connectivity index (χ3n) is 2.54. The highest BCUT2D eigenvalue weighted by molar-refractivity contribution is 6.34. The molecule has 1 nitrogen and oxygen atoms in total. The number of halogens is 4. The third kappa shape index (κ3) is 2.96. The van der Waals surface area contributed by atoms with Crippen molar-refractivity contribution in [3.05, 3.63) is 68.4 Å². The van der Waals surface area contributed by atoms with E-state index in [-0.39, 0.29) is 0 Å². The number of hydrogen-bond donors (Lipinski definition) is 1. The van der Waals surface area contributed by atoms with Gasteiger partial charge in [0.2, 0.25) is 0 Å². The van der Waals surface area contributed by atoms with E-state index >= 15 is 0 Å². The van der Waals surface area contributed by atoms with Crippen LogP contribution in [0.2, 0.25) is 15.1 Å². The SMILES string of the molecule is NC(c1cc(Cl)cc(Cl)c1)c1cc(F)ccc1Cl. The maximum Gasteiger partial charge on any atom is 0.123 e. The molecular formula is C13H9Cl3FN. The van der Waals surface area contributed by atoms with Gasteiger partial charge in [-0.25, -0.2) is 4.39 Å². The van der Waals surface area contributed by atoms with Gasteiger partial charge in [0, 0.05) is 15.1 Å². The van der Waals surface area contributed by atoms with Gasteiger partial charge in [-0.15, -0.1) is 0 Å². The molecule has 0 saturated heterocycles. The second-order valence-electron chi connectivity index (χ2n) is 3.85. The zero-order chi connectivity index (χ0) is 13.3. The molecule has 0 aliphatic heterocycles. The highest BCUT2D eigenvalue weighted by Crippen LogP contribution is 2.30. The summed E-state index contributed by atoms with van der Waals surface area (Å²) >= 11 is 17.8. The molecule has 18 heavy (non-hydrogen) atoms. The van der Waals surface area contributed by atoms with Crippen LogP contribution in [0.4, 0.5) is 4.39 Å². The quantitative estimate of drug-likeness (QED) is 0.844. The average molecular weight is 305 g/mol. The fraction of sp³-hybridized carbons (Fsp3) is 0.0769. The lowest BCUT2D eigenvalue weighted by Gasteiger charge is -2.15. The molecule has 0 amide bonds. The minimum atomic E-state index is -0.579. The topological polar surface area (TPSA) is 26.0 Å². The zero-order valence-corrected chi connectivity index (χ0v) is 11.4. The second-order valence-corrected chi connectivity index (χ2v) is 5.13. The summed E-state index contributed by atoms with van der Waals surface area (Å²) in [5.74, 6) is -0.391. The third-order valence-corrected chi connectivity index (χ3v) is 3.32. The summed E-state index contributed by atoms with van der Waals surface area (Å²) in [6.07, 6.45) is 0. The van der Waals surface area contributed by atoms with Gasteiger partial charge in [0.1, 0.15) is 5.82 Å². The Hall–Kier alpha value is -0.800. The Morgan fingerprint density at radius 2 is 1.56 bits per heavy atom. The van der Waals surface area contributed by atoms with Crippen molar-refractivity contribution < 1.29 is 4.39 Å². The fourth-order valence-corrected chi connectivity index (χ4v) is 2.47. The first-order valence-electron chi connectivity index (χ1n) is 5.14. The summed E-state index contributed by atoms with van der Waals surface area (Å²) < 4.78 is 13.2. The molecule has 0 aliphatic rings. The lowest BCUT2D eigenvalue weighted by atomic mass is 9.99. The van der Waals surface area contributed by atoms with E-state index in [1.54, 1.807) is 18.2 Å². The molecule has 94 valence electrons. The number of benzene rings is 2. The van der Waals surface area contributed by atoms with Crippen molar-refractivity contribution in [2.75, 3.05) is 0 Å². The minimum Gasteiger partial charge on any atom is -0.320 e. The molecule has 0 aliphatic carbocycles. The molecule has 2 N–H and O–H groups in total. The largest absolute Gasteiger partial charge is 0.320 e. The number of nitrogens with two attached hydrogens (primary N) is 1. The van der Waals surface area contributed by atoms with E-state index in [9.17, 15) is 4.39 Å². The Bertz CT molecular complexity index is 566. The van der Waals surface area contributed by atoms with E-state index in [0.29, 0.717) is 26.2 Å². The van der Waals surface area contributed by atoms with Crippen molar-refractivity contribution in [3.63, 3.8) is 0 Å². The van der Waals surface area contributed by atoms with Crippen LogP contribution in [0.15, 0.2) is 36.4 Å². The first-order chi connectivity index (χ1) is 8.47. The van der Waals surface area contributed by atoms with E-state index in [2.05, 4.69) is 0 Å². The first-order valence-corrected chi connectivity index (χ1v) is 6.27. The summed E-state index contributed by atoms with van der Waals surface area (Å²) in [6.45, 7) is 0. The van der Waals surface area contributed by atoms with Crippen LogP contribution >= 0.6 is 34.8 Å². The molecule has 0 heterocycles. The number of hydrogen-bond acceptors (Lipinski definition) is 1. The van der Waals surface area contributed by atoms with Gasteiger partial charge in [-0.05, 0) is 47.5 Å². The van der Waals surface area contributed by atoms with Crippen LogP contribution in [0, 0.1) is 5.82 Å². The Labute approximate surface area is 119 Å². The van der Waals surface area contributed by atoms with Gasteiger partial charge >= 0.3 is 0 Å². The molecule has 5 heteroatoms. The molecule has 0 spiro atoms. The van der Waals surface area contributed by atoms with Gasteiger partial charge in [0.15, 0.2) is 0 Å². The van der Waals surface area contributed by atoms with E-state index < -0.39 is 11.9 Å². The van der Waals surface area contributed by atoms with Crippen molar-refractivity contribution in [1.29, 1.82) is 0 Å². The van der Waals surface area contributed by atoms with Crippen LogP contribution in [-0.4, -0.2) is 0 Å². The zero-order valence-electron chi connectivity index (χ0n) is 9.13. The van der Waals surface area contributed by atoms with Crippen molar-refractivity contribution >= 4 is 34.8 Å². The molecule has 2 rings (SSSR count). The van der Waals surface area contributed by atoms with E-state index in [1.165, 1.54) is 18.2 Å². The van der Waals surface area contributed by atoms with Gasteiger partial charge < -0.3 is 5.73 Å². The van der Waals surface area contributed by atoms with Gasteiger partial charge in [-0.1, -0.05) is 34.8 Å². The second kappa shape index (κ2) is 5.45. The molecule has 2 aromatic carbocycles. The van der Waals surface area contributed by atoms with Crippen molar-refractivity contribution in [3.8, 4) is 0 Å². The van der Waals surface area contributed by atoms with Crippen molar-refractivity contribution in [2.45, 2.75) is 6.04 Å². The highest BCUT2D eigenvalue weighted by Gasteiger charge is 2.14. The standard InChI is InChI=1S/C13H9Cl3FN/c14-8-3-7(4-9(15)5-8)13(18)11-6-10(17)1-2-12(11)16/h1-6,13H,18H2. The first kappa shape index (κ1) is 13.6. The molecule has 0 fully saturated rings. The van der Waals surface area contributed by atoms with Gasteiger partial charge in [-0.3, -0.25) is 0 Å². The summed E-state index contributed by atoms with van der Waals surface area (Å²) in [6, 6.07) is 8.44. The maximum absolute atomic E-state index is 13.2. The van der Waals surface area contributed by atoms with Crippen LogP contribution in [-0.2, 0) is 0 Å². The summed E-state index contributed by atoms with van der Waals surface area (Å²) in [5.41, 5.74) is 7.23. The molecular weight excluding hydrogens is 296 g/mol. The average Bonchev–Trinajstić information content (AvgIpc) is 2.30. The van der Waals surface area contributed by atoms with Gasteiger partial charge in [0.25, 0.3) is 0 Å². The normalized spacial score (nSPS) is 12.5. The molecule has 0 saturated carbocycles. The Balaban J connectivity index is 2.47. The van der Waals surface area contributed by atoms with Crippen LogP contribution in [0.1, 0.15) is 17.2 Å². The molecule has 2 aromatic rings. The molecule has 0 bridgehead atoms. The Morgan fingerprint density at radius 3 is 2.17 bits per heavy atom. The molecule has 0 radical (unpaired) electrons. The van der Waals surface area contributed by atoms with E-state index in [0.717, 1.165) is 0 Å². The van der Waals surface area contributed by atoms with Gasteiger partial charge in [0.05, 0.1) is 6.04 Å². The summed E-state index contributed by atoms with van der Waals surface area (Å²) in [7, 11) is 0. The predicted molar refractivity (Wildman–Crippen MR) is 73.9 cm³/mol. The highest BCUT2D eigenvalue weighted by atomic mass is 35.5. The number of rotatable bonds is 2. The molecule has 1 unspecified atom stereocenters.